The summed E-state index contributed by atoms with van der Waals surface area (Å²) in [5.41, 5.74) is 3.75. The highest BCUT2D eigenvalue weighted by atomic mass is 32.1. The molecule has 0 spiro atoms. The molecule has 0 atom stereocenters. The molecule has 0 saturated heterocycles. The minimum absolute atomic E-state index is 0.272. The molecule has 0 amide bonds. The number of thiophene rings is 1. The van der Waals surface area contributed by atoms with E-state index in [0.29, 0.717) is 23.9 Å². The Hall–Kier alpha value is -2.90. The van der Waals surface area contributed by atoms with Gasteiger partial charge >= 0.3 is 5.97 Å². The van der Waals surface area contributed by atoms with Crippen molar-refractivity contribution in [3.8, 4) is 5.75 Å². The molecule has 2 N–H and O–H groups in total. The van der Waals surface area contributed by atoms with Gasteiger partial charge in [-0.1, -0.05) is 43.2 Å². The molecule has 1 aromatic heterocycles. The van der Waals surface area contributed by atoms with Crippen molar-refractivity contribution in [3.63, 3.8) is 0 Å². The molecule has 0 unspecified atom stereocenters. The van der Waals surface area contributed by atoms with Gasteiger partial charge in [-0.2, -0.15) is 0 Å². The molecular weight excluding hydrogens is 464 g/mol. The molecule has 1 aliphatic carbocycles. The molecule has 7 heteroatoms. The van der Waals surface area contributed by atoms with Gasteiger partial charge in [0.2, 0.25) is 0 Å². The summed E-state index contributed by atoms with van der Waals surface area (Å²) in [7, 11) is 0. The summed E-state index contributed by atoms with van der Waals surface area (Å²) in [6, 6.07) is 17.7. The zero-order valence-corrected chi connectivity index (χ0v) is 21.0. The van der Waals surface area contributed by atoms with Crippen molar-refractivity contribution in [1.82, 2.24) is 0 Å². The number of nitrogens with one attached hydrogen (secondary N) is 2. The maximum atomic E-state index is 12.8. The average molecular weight is 495 g/mol. The van der Waals surface area contributed by atoms with Gasteiger partial charge in [0.25, 0.3) is 0 Å². The van der Waals surface area contributed by atoms with Gasteiger partial charge in [-0.15, -0.1) is 11.3 Å². The lowest BCUT2D eigenvalue weighted by Gasteiger charge is -2.13. The number of carbonyl (C=O) groups excluding carboxylic acids is 1. The van der Waals surface area contributed by atoms with Crippen LogP contribution in [0.15, 0.2) is 54.6 Å². The van der Waals surface area contributed by atoms with Crippen LogP contribution in [0.5, 0.6) is 5.75 Å². The highest BCUT2D eigenvalue weighted by Crippen LogP contribution is 2.37. The van der Waals surface area contributed by atoms with E-state index in [0.717, 1.165) is 53.2 Å². The number of anilines is 2. The summed E-state index contributed by atoms with van der Waals surface area (Å²) in [6.07, 6.45) is 6.59. The van der Waals surface area contributed by atoms with Crippen molar-refractivity contribution in [2.45, 2.75) is 52.1 Å². The van der Waals surface area contributed by atoms with E-state index in [1.165, 1.54) is 17.7 Å². The topological polar surface area (TPSA) is 59.6 Å². The third-order valence-electron chi connectivity index (χ3n) is 5.74. The summed E-state index contributed by atoms with van der Waals surface area (Å²) < 4.78 is 11.2. The number of benzene rings is 2. The van der Waals surface area contributed by atoms with Crippen molar-refractivity contribution in [3.05, 3.63) is 76.2 Å². The zero-order valence-electron chi connectivity index (χ0n) is 19.4. The van der Waals surface area contributed by atoms with E-state index in [1.54, 1.807) is 11.3 Å². The van der Waals surface area contributed by atoms with Crippen molar-refractivity contribution < 1.29 is 14.3 Å². The lowest BCUT2D eigenvalue weighted by molar-refractivity contribution is 0.0526. The maximum absolute atomic E-state index is 12.8. The highest BCUT2D eigenvalue weighted by molar-refractivity contribution is 7.80. The van der Waals surface area contributed by atoms with Gasteiger partial charge in [0, 0.05) is 10.6 Å². The standard InChI is InChI=1S/C27H30N2O3S2/c1-2-31-26(30)24-22-12-8-3-4-9-13-23(22)34-25(24)29-27(33)28-20-14-16-21(17-15-20)32-18-19-10-6-5-7-11-19/h5-7,10-11,14-17H,2-4,8-9,12-13,18H2,1H3,(H2,28,29,33). The number of thiocarbonyl (C=S) groups is 1. The first kappa shape index (κ1) is 24.2. The number of hydrogen-bond donors (Lipinski definition) is 2. The monoisotopic (exact) mass is 494 g/mol. The summed E-state index contributed by atoms with van der Waals surface area (Å²) in [4.78, 5) is 14.1. The van der Waals surface area contributed by atoms with Gasteiger partial charge in [-0.25, -0.2) is 4.79 Å². The minimum atomic E-state index is -0.272. The van der Waals surface area contributed by atoms with Gasteiger partial charge < -0.3 is 20.1 Å². The molecule has 4 rings (SSSR count). The van der Waals surface area contributed by atoms with E-state index in [2.05, 4.69) is 10.6 Å². The van der Waals surface area contributed by atoms with Gasteiger partial charge in [0.1, 0.15) is 17.4 Å². The molecule has 178 valence electrons. The predicted octanol–water partition coefficient (Wildman–Crippen LogP) is 6.97. The van der Waals surface area contributed by atoms with E-state index in [4.69, 9.17) is 21.7 Å². The van der Waals surface area contributed by atoms with Crippen LogP contribution in [-0.4, -0.2) is 17.7 Å². The number of carbonyl (C=O) groups is 1. The van der Waals surface area contributed by atoms with Crippen molar-refractivity contribution in [1.29, 1.82) is 0 Å². The number of fused-ring (bicyclic) bond motifs is 1. The van der Waals surface area contributed by atoms with Crippen LogP contribution in [0.2, 0.25) is 0 Å². The fourth-order valence-corrected chi connectivity index (χ4v) is 5.63. The van der Waals surface area contributed by atoms with E-state index >= 15 is 0 Å². The molecule has 1 heterocycles. The van der Waals surface area contributed by atoms with Crippen LogP contribution in [-0.2, 0) is 24.2 Å². The molecule has 2 aromatic carbocycles. The van der Waals surface area contributed by atoms with Gasteiger partial charge in [0.05, 0.1) is 12.2 Å². The smallest absolute Gasteiger partial charge is 0.341 e. The molecule has 34 heavy (non-hydrogen) atoms. The second kappa shape index (κ2) is 12.0. The van der Waals surface area contributed by atoms with Crippen LogP contribution < -0.4 is 15.4 Å². The second-order valence-electron chi connectivity index (χ2n) is 8.22. The van der Waals surface area contributed by atoms with Crippen LogP contribution in [0, 0.1) is 0 Å². The van der Waals surface area contributed by atoms with Crippen LogP contribution in [0.4, 0.5) is 10.7 Å². The Kier molecular flexibility index (Phi) is 8.55. The van der Waals surface area contributed by atoms with E-state index < -0.39 is 0 Å². The number of hydrogen-bond acceptors (Lipinski definition) is 5. The molecular formula is C27H30N2O3S2. The Labute approximate surface area is 210 Å². The SMILES string of the molecule is CCOC(=O)c1c(NC(=S)Nc2ccc(OCc3ccccc3)cc2)sc2c1CCCCCC2. The lowest BCUT2D eigenvalue weighted by Crippen LogP contribution is -2.20. The fourth-order valence-electron chi connectivity index (χ4n) is 4.07. The Balaban J connectivity index is 1.42. The fraction of sp³-hybridized carbons (Fsp3) is 0.333. The van der Waals surface area contributed by atoms with Gasteiger partial charge in [0.15, 0.2) is 5.11 Å². The molecule has 0 saturated carbocycles. The third-order valence-corrected chi connectivity index (χ3v) is 7.15. The van der Waals surface area contributed by atoms with Crippen LogP contribution in [0.3, 0.4) is 0 Å². The first-order valence-corrected chi connectivity index (χ1v) is 13.0. The highest BCUT2D eigenvalue weighted by Gasteiger charge is 2.25. The molecule has 3 aromatic rings. The number of rotatable bonds is 7. The van der Waals surface area contributed by atoms with E-state index in [1.807, 2.05) is 61.5 Å². The van der Waals surface area contributed by atoms with Crippen LogP contribution in [0.1, 0.15) is 59.0 Å². The average Bonchev–Trinajstić information content (AvgIpc) is 3.15. The lowest BCUT2D eigenvalue weighted by atomic mass is 9.96. The normalized spacial score (nSPS) is 13.2. The Morgan fingerprint density at radius 2 is 1.71 bits per heavy atom. The Bertz CT molecular complexity index is 1110. The maximum Gasteiger partial charge on any atom is 0.341 e. The molecule has 5 nitrogen and oxygen atoms in total. The number of ether oxygens (including phenoxy) is 2. The predicted molar refractivity (Wildman–Crippen MR) is 143 cm³/mol. The number of esters is 1. The van der Waals surface area contributed by atoms with Crippen LogP contribution >= 0.6 is 23.6 Å². The first-order chi connectivity index (χ1) is 16.6. The minimum Gasteiger partial charge on any atom is -0.489 e. The zero-order chi connectivity index (χ0) is 23.8. The number of aryl methyl sites for hydroxylation is 1. The van der Waals surface area contributed by atoms with Gasteiger partial charge in [-0.05, 0) is 80.2 Å². The molecule has 0 radical (unpaired) electrons. The first-order valence-electron chi connectivity index (χ1n) is 11.8. The Morgan fingerprint density at radius 3 is 2.44 bits per heavy atom. The van der Waals surface area contributed by atoms with E-state index in [-0.39, 0.29) is 5.97 Å². The van der Waals surface area contributed by atoms with Crippen LogP contribution in [0.25, 0.3) is 0 Å². The summed E-state index contributed by atoms with van der Waals surface area (Å²) in [5.74, 6) is 0.515. The van der Waals surface area contributed by atoms with E-state index in [9.17, 15) is 4.79 Å². The Morgan fingerprint density at radius 1 is 0.971 bits per heavy atom. The summed E-state index contributed by atoms with van der Waals surface area (Å²) in [5, 5.41) is 7.69. The van der Waals surface area contributed by atoms with Crippen molar-refractivity contribution in [2.24, 2.45) is 0 Å². The summed E-state index contributed by atoms with van der Waals surface area (Å²) >= 11 is 7.20. The van der Waals surface area contributed by atoms with Crippen molar-refractivity contribution >= 4 is 45.3 Å². The molecule has 0 fully saturated rings. The largest absolute Gasteiger partial charge is 0.489 e. The van der Waals surface area contributed by atoms with Crippen molar-refractivity contribution in [2.75, 3.05) is 17.2 Å². The summed E-state index contributed by atoms with van der Waals surface area (Å²) in [6.45, 7) is 2.71. The molecule has 1 aliphatic rings. The third kappa shape index (κ3) is 6.36. The van der Waals surface area contributed by atoms with Gasteiger partial charge in [-0.3, -0.25) is 0 Å². The quantitative estimate of drug-likeness (QED) is 0.273. The molecule has 0 bridgehead atoms. The second-order valence-corrected chi connectivity index (χ2v) is 9.73. The molecule has 0 aliphatic heterocycles.